The second-order valence-corrected chi connectivity index (χ2v) is 2.75. The van der Waals surface area contributed by atoms with Gasteiger partial charge in [-0.15, -0.1) is 0 Å². The van der Waals surface area contributed by atoms with Crippen molar-refractivity contribution in [1.82, 2.24) is 0 Å². The van der Waals surface area contributed by atoms with Crippen LogP contribution in [0, 0.1) is 31.6 Å². The third kappa shape index (κ3) is 3.21. The summed E-state index contributed by atoms with van der Waals surface area (Å²) in [6.45, 7) is 4.11. The molecule has 0 aromatic carbocycles. The summed E-state index contributed by atoms with van der Waals surface area (Å²) in [5, 5.41) is 0. The second kappa shape index (κ2) is 5.05. The fourth-order valence-electron chi connectivity index (χ4n) is 1.08. The first-order chi connectivity index (χ1) is 6.24. The number of ether oxygens (including phenoxy) is 1. The molecule has 2 heteroatoms. The van der Waals surface area contributed by atoms with Gasteiger partial charge in [-0.05, 0) is 39.5 Å². The standard InChI is InChI=1S/C11H13O2/c1-3-13-11(12)8-9(2)10-6-4-5-7-10/h4-8H,3H2,1-2H3/b9-8+. The largest absolute Gasteiger partial charge is 0.463 e. The van der Waals surface area contributed by atoms with Gasteiger partial charge in [-0.1, -0.05) is 5.57 Å². The summed E-state index contributed by atoms with van der Waals surface area (Å²) in [4.78, 5) is 11.1. The number of esters is 1. The van der Waals surface area contributed by atoms with Crippen LogP contribution in [0.15, 0.2) is 11.6 Å². The van der Waals surface area contributed by atoms with Crippen molar-refractivity contribution in [2.45, 2.75) is 13.8 Å². The molecule has 0 unspecified atom stereocenters. The van der Waals surface area contributed by atoms with Crippen LogP contribution in [0.1, 0.15) is 13.8 Å². The summed E-state index contributed by atoms with van der Waals surface area (Å²) >= 11 is 0. The monoisotopic (exact) mass is 177 g/mol. The van der Waals surface area contributed by atoms with E-state index in [2.05, 4.69) is 0 Å². The lowest BCUT2D eigenvalue weighted by atomic mass is 9.99. The van der Waals surface area contributed by atoms with Gasteiger partial charge in [-0.2, -0.15) is 0 Å². The molecule has 1 saturated carbocycles. The lowest BCUT2D eigenvalue weighted by Gasteiger charge is -2.07. The van der Waals surface area contributed by atoms with Gasteiger partial charge in [-0.25, -0.2) is 4.79 Å². The molecule has 0 atom stereocenters. The van der Waals surface area contributed by atoms with Crippen LogP contribution in [0.4, 0.5) is 0 Å². The summed E-state index contributed by atoms with van der Waals surface area (Å²) in [6, 6.07) is 0. The molecular formula is C11H13O2. The molecule has 0 heterocycles. The molecule has 0 N–H and O–H groups in total. The Labute approximate surface area is 80.0 Å². The predicted octanol–water partition coefficient (Wildman–Crippen LogP) is 1.90. The molecule has 5 radical (unpaired) electrons. The molecule has 2 nitrogen and oxygen atoms in total. The van der Waals surface area contributed by atoms with Gasteiger partial charge >= 0.3 is 5.97 Å². The van der Waals surface area contributed by atoms with Gasteiger partial charge in [0.25, 0.3) is 0 Å². The normalized spacial score (nSPS) is 19.1. The summed E-state index contributed by atoms with van der Waals surface area (Å²) < 4.78 is 4.80. The molecule has 1 rings (SSSR count). The maximum absolute atomic E-state index is 11.1. The maximum atomic E-state index is 11.1. The smallest absolute Gasteiger partial charge is 0.330 e. The molecule has 69 valence electrons. The highest BCUT2D eigenvalue weighted by molar-refractivity contribution is 5.83. The fourth-order valence-corrected chi connectivity index (χ4v) is 1.08. The lowest BCUT2D eigenvalue weighted by molar-refractivity contribution is -0.137. The highest BCUT2D eigenvalue weighted by Gasteiger charge is 2.18. The number of allylic oxidation sites excluding steroid dienone is 1. The summed E-state index contributed by atoms with van der Waals surface area (Å²) in [5.41, 5.74) is 0.934. The van der Waals surface area contributed by atoms with Crippen LogP contribution in [0.3, 0.4) is 0 Å². The minimum atomic E-state index is -0.277. The topological polar surface area (TPSA) is 26.3 Å². The first kappa shape index (κ1) is 10.3. The van der Waals surface area contributed by atoms with E-state index in [-0.39, 0.29) is 5.97 Å². The van der Waals surface area contributed by atoms with Crippen LogP contribution in [0.5, 0.6) is 0 Å². The van der Waals surface area contributed by atoms with Crippen molar-refractivity contribution in [2.75, 3.05) is 6.61 Å². The molecule has 1 fully saturated rings. The first-order valence-electron chi connectivity index (χ1n) is 4.31. The van der Waals surface area contributed by atoms with Crippen molar-refractivity contribution < 1.29 is 9.53 Å². The van der Waals surface area contributed by atoms with E-state index in [1.54, 1.807) is 6.92 Å². The number of hydrogen-bond acceptors (Lipinski definition) is 2. The number of hydrogen-bond donors (Lipinski definition) is 0. The van der Waals surface area contributed by atoms with E-state index in [0.717, 1.165) is 11.5 Å². The Bertz CT molecular complexity index is 200. The molecule has 0 bridgehead atoms. The summed E-state index contributed by atoms with van der Waals surface area (Å²) in [5.74, 6) is 0.786. The third-order valence-electron chi connectivity index (χ3n) is 1.74. The van der Waals surface area contributed by atoms with Crippen LogP contribution in [0.2, 0.25) is 0 Å². The molecule has 0 aromatic rings. The Balaban J connectivity index is 2.44. The predicted molar refractivity (Wildman–Crippen MR) is 50.8 cm³/mol. The van der Waals surface area contributed by atoms with E-state index in [0.29, 0.717) is 6.61 Å². The van der Waals surface area contributed by atoms with Crippen molar-refractivity contribution in [3.05, 3.63) is 43.3 Å². The van der Waals surface area contributed by atoms with Gasteiger partial charge in [0.1, 0.15) is 0 Å². The molecular weight excluding hydrogens is 164 g/mol. The van der Waals surface area contributed by atoms with E-state index >= 15 is 0 Å². The second-order valence-electron chi connectivity index (χ2n) is 2.75. The van der Waals surface area contributed by atoms with Crippen molar-refractivity contribution in [3.8, 4) is 0 Å². The van der Waals surface area contributed by atoms with E-state index in [1.165, 1.54) is 6.08 Å². The van der Waals surface area contributed by atoms with Gasteiger partial charge in [0, 0.05) is 12.0 Å². The van der Waals surface area contributed by atoms with Gasteiger partial charge < -0.3 is 4.74 Å². The Hall–Kier alpha value is -0.790. The average molecular weight is 177 g/mol. The van der Waals surface area contributed by atoms with Crippen LogP contribution >= 0.6 is 0 Å². The van der Waals surface area contributed by atoms with Crippen molar-refractivity contribution in [1.29, 1.82) is 0 Å². The Kier molecular flexibility index (Phi) is 4.00. The fraction of sp³-hybridized carbons (Fsp3) is 0.273. The van der Waals surface area contributed by atoms with Crippen LogP contribution in [-0.2, 0) is 9.53 Å². The molecule has 0 amide bonds. The van der Waals surface area contributed by atoms with Gasteiger partial charge in [0.05, 0.1) is 6.61 Å². The molecule has 1 aliphatic carbocycles. The molecule has 13 heavy (non-hydrogen) atoms. The third-order valence-corrected chi connectivity index (χ3v) is 1.74. The number of carbonyl (C=O) groups excluding carboxylic acids is 1. The zero-order chi connectivity index (χ0) is 9.68. The SMILES string of the molecule is CCOC(=O)/C=C(\C)[C]1[CH][CH][CH][CH]1. The van der Waals surface area contributed by atoms with Crippen LogP contribution in [-0.4, -0.2) is 12.6 Å². The Morgan fingerprint density at radius 2 is 2.08 bits per heavy atom. The zero-order valence-corrected chi connectivity index (χ0v) is 7.91. The molecule has 0 aromatic heterocycles. The molecule has 0 spiro atoms. The summed E-state index contributed by atoms with van der Waals surface area (Å²) in [7, 11) is 0. The van der Waals surface area contributed by atoms with Gasteiger partial charge in [0.15, 0.2) is 0 Å². The quantitative estimate of drug-likeness (QED) is 0.486. The highest BCUT2D eigenvalue weighted by Crippen LogP contribution is 2.29. The lowest BCUT2D eigenvalue weighted by Crippen LogP contribution is -2.03. The zero-order valence-electron chi connectivity index (χ0n) is 7.91. The van der Waals surface area contributed by atoms with Crippen molar-refractivity contribution in [2.24, 2.45) is 0 Å². The Morgan fingerprint density at radius 1 is 1.46 bits per heavy atom. The first-order valence-corrected chi connectivity index (χ1v) is 4.31. The van der Waals surface area contributed by atoms with E-state index in [9.17, 15) is 4.79 Å². The van der Waals surface area contributed by atoms with E-state index in [1.807, 2.05) is 32.6 Å². The average Bonchev–Trinajstić information content (AvgIpc) is 2.55. The minimum absolute atomic E-state index is 0.277. The molecule has 0 saturated heterocycles. The summed E-state index contributed by atoms with van der Waals surface area (Å²) in [6.07, 6.45) is 9.32. The molecule has 1 aliphatic rings. The Morgan fingerprint density at radius 3 is 2.62 bits per heavy atom. The van der Waals surface area contributed by atoms with Crippen LogP contribution < -0.4 is 0 Å². The van der Waals surface area contributed by atoms with Crippen molar-refractivity contribution >= 4 is 5.97 Å². The van der Waals surface area contributed by atoms with Gasteiger partial charge in [-0.3, -0.25) is 0 Å². The van der Waals surface area contributed by atoms with Gasteiger partial charge in [0.2, 0.25) is 0 Å². The number of rotatable bonds is 3. The van der Waals surface area contributed by atoms with E-state index < -0.39 is 0 Å². The van der Waals surface area contributed by atoms with Crippen molar-refractivity contribution in [3.63, 3.8) is 0 Å². The van der Waals surface area contributed by atoms with E-state index in [4.69, 9.17) is 4.74 Å². The molecule has 0 aliphatic heterocycles. The highest BCUT2D eigenvalue weighted by atomic mass is 16.5. The van der Waals surface area contributed by atoms with Crippen LogP contribution in [0.25, 0.3) is 0 Å². The maximum Gasteiger partial charge on any atom is 0.330 e. The number of carbonyl (C=O) groups is 1. The minimum Gasteiger partial charge on any atom is -0.463 e.